The van der Waals surface area contributed by atoms with Crippen molar-refractivity contribution in [3.63, 3.8) is 0 Å². The van der Waals surface area contributed by atoms with Gasteiger partial charge in [-0.2, -0.15) is 0 Å². The van der Waals surface area contributed by atoms with E-state index in [2.05, 4.69) is 0 Å². The molecule has 0 fully saturated rings. The van der Waals surface area contributed by atoms with Crippen LogP contribution in [-0.4, -0.2) is 67.7 Å². The number of rotatable bonds is 13. The number of hydrogen-bond acceptors (Lipinski definition) is 7. The van der Waals surface area contributed by atoms with Gasteiger partial charge in [0, 0.05) is 24.1 Å². The molecule has 1 aliphatic rings. The van der Waals surface area contributed by atoms with Gasteiger partial charge < -0.3 is 28.8 Å². The van der Waals surface area contributed by atoms with Crippen molar-refractivity contribution in [1.82, 2.24) is 9.80 Å². The van der Waals surface area contributed by atoms with Crippen LogP contribution in [0.3, 0.4) is 0 Å². The molecule has 2 aromatic rings. The molecule has 1 aliphatic heterocycles. The number of Topliss-reactive ketones (excluding diaryl/α,β-unsaturated/α-hetero) is 2. The lowest BCUT2D eigenvalue weighted by atomic mass is 10.0. The highest BCUT2D eigenvalue weighted by atomic mass is 16.5. The zero-order valence-corrected chi connectivity index (χ0v) is 21.1. The highest BCUT2D eigenvalue weighted by Crippen LogP contribution is 2.34. The van der Waals surface area contributed by atoms with E-state index in [4.69, 9.17) is 14.2 Å². The number of amides is 1. The zero-order chi connectivity index (χ0) is 25.5. The molecule has 2 aromatic carbocycles. The van der Waals surface area contributed by atoms with Gasteiger partial charge in [-0.3, -0.25) is 9.59 Å². The minimum absolute atomic E-state index is 0.00558. The largest absolute Gasteiger partial charge is 0.493 e. The van der Waals surface area contributed by atoms with Crippen molar-refractivity contribution in [2.45, 2.75) is 45.9 Å². The van der Waals surface area contributed by atoms with Gasteiger partial charge in [0.25, 0.3) is 5.91 Å². The van der Waals surface area contributed by atoms with Gasteiger partial charge in [-0.1, -0.05) is 12.1 Å². The Bertz CT molecular complexity index is 1080. The maximum Gasteiger partial charge on any atom is 0.255 e. The predicted octanol–water partition coefficient (Wildman–Crippen LogP) is 3.50. The van der Waals surface area contributed by atoms with Crippen LogP contribution in [0.4, 0.5) is 0 Å². The molecule has 0 spiro atoms. The average Bonchev–Trinajstić information content (AvgIpc) is 3.14. The van der Waals surface area contributed by atoms with E-state index < -0.39 is 6.04 Å². The lowest BCUT2D eigenvalue weighted by molar-refractivity contribution is -0.122. The Hall–Kier alpha value is -3.39. The molecular formula is C27H34N2O6. The van der Waals surface area contributed by atoms with Crippen molar-refractivity contribution < 1.29 is 28.6 Å². The van der Waals surface area contributed by atoms with Crippen LogP contribution in [0.5, 0.6) is 17.2 Å². The van der Waals surface area contributed by atoms with Crippen LogP contribution in [0.2, 0.25) is 0 Å². The Morgan fingerprint density at radius 1 is 1.06 bits per heavy atom. The maximum atomic E-state index is 13.1. The number of likely N-dealkylation sites (N-methyl/N-ethyl adjacent to an activating group) is 1. The van der Waals surface area contributed by atoms with Crippen LogP contribution >= 0.6 is 0 Å². The second-order valence-electron chi connectivity index (χ2n) is 9.01. The molecule has 0 radical (unpaired) electrons. The second-order valence-corrected chi connectivity index (χ2v) is 9.01. The maximum absolute atomic E-state index is 13.1. The van der Waals surface area contributed by atoms with Crippen molar-refractivity contribution in [2.75, 3.05) is 34.4 Å². The van der Waals surface area contributed by atoms with Gasteiger partial charge in [0.2, 0.25) is 0 Å². The zero-order valence-electron chi connectivity index (χ0n) is 21.1. The molecule has 1 unspecified atom stereocenters. The van der Waals surface area contributed by atoms with Crippen LogP contribution in [-0.2, 0) is 22.7 Å². The number of hydrogen-bond donors (Lipinski definition) is 0. The normalized spacial score (nSPS) is 13.5. The first-order valence-electron chi connectivity index (χ1n) is 11.7. The number of ketones is 2. The smallest absolute Gasteiger partial charge is 0.255 e. The summed E-state index contributed by atoms with van der Waals surface area (Å²) in [6.45, 7) is 4.84. The molecule has 1 heterocycles. The molecule has 8 heteroatoms. The van der Waals surface area contributed by atoms with Gasteiger partial charge in [0.1, 0.15) is 24.7 Å². The third-order valence-electron chi connectivity index (χ3n) is 5.99. The minimum atomic E-state index is -0.629. The summed E-state index contributed by atoms with van der Waals surface area (Å²) in [4.78, 5) is 40.4. The average molecular weight is 483 g/mol. The highest BCUT2D eigenvalue weighted by molar-refractivity contribution is 6.01. The Morgan fingerprint density at radius 3 is 2.49 bits per heavy atom. The molecular weight excluding hydrogens is 448 g/mol. The summed E-state index contributed by atoms with van der Waals surface area (Å²) in [5, 5.41) is 0. The first-order chi connectivity index (χ1) is 16.7. The topological polar surface area (TPSA) is 85.4 Å². The summed E-state index contributed by atoms with van der Waals surface area (Å²) >= 11 is 0. The van der Waals surface area contributed by atoms with Gasteiger partial charge in [-0.25, -0.2) is 0 Å². The quantitative estimate of drug-likeness (QED) is 0.432. The van der Waals surface area contributed by atoms with E-state index in [1.54, 1.807) is 24.1 Å². The third kappa shape index (κ3) is 6.60. The van der Waals surface area contributed by atoms with Gasteiger partial charge in [-0.05, 0) is 64.2 Å². The first-order valence-corrected chi connectivity index (χ1v) is 11.7. The van der Waals surface area contributed by atoms with Gasteiger partial charge in [0.15, 0.2) is 17.3 Å². The Morgan fingerprint density at radius 2 is 1.83 bits per heavy atom. The monoisotopic (exact) mass is 482 g/mol. The van der Waals surface area contributed by atoms with Crippen molar-refractivity contribution in [3.05, 3.63) is 53.1 Å². The van der Waals surface area contributed by atoms with E-state index in [0.29, 0.717) is 35.8 Å². The summed E-state index contributed by atoms with van der Waals surface area (Å²) in [6, 6.07) is 10.4. The van der Waals surface area contributed by atoms with E-state index in [0.717, 1.165) is 17.7 Å². The fourth-order valence-corrected chi connectivity index (χ4v) is 4.05. The summed E-state index contributed by atoms with van der Waals surface area (Å²) < 4.78 is 17.4. The van der Waals surface area contributed by atoms with Crippen molar-refractivity contribution >= 4 is 17.5 Å². The molecule has 8 nitrogen and oxygen atoms in total. The van der Waals surface area contributed by atoms with Crippen molar-refractivity contribution in [3.8, 4) is 17.2 Å². The first kappa shape index (κ1) is 26.2. The number of fused-ring (bicyclic) bond motifs is 1. The van der Waals surface area contributed by atoms with Gasteiger partial charge in [0.05, 0.1) is 19.7 Å². The number of carbonyl (C=O) groups is 3. The highest BCUT2D eigenvalue weighted by Gasteiger charge is 2.36. The fraction of sp³-hybridized carbons (Fsp3) is 0.444. The van der Waals surface area contributed by atoms with Crippen LogP contribution in [0.15, 0.2) is 36.4 Å². The molecule has 3 rings (SSSR count). The molecule has 0 saturated heterocycles. The van der Waals surface area contributed by atoms with E-state index in [1.807, 2.05) is 43.3 Å². The van der Waals surface area contributed by atoms with Crippen LogP contribution in [0.1, 0.15) is 48.2 Å². The molecule has 1 amide bonds. The van der Waals surface area contributed by atoms with E-state index in [-0.39, 0.29) is 37.0 Å². The SMILES string of the molecule is COc1cc(COc2cccc3c2CN(C(CCC(C)=O)C(C)=O)C3=O)ccc1OCCN(C)C. The summed E-state index contributed by atoms with van der Waals surface area (Å²) in [7, 11) is 5.57. The van der Waals surface area contributed by atoms with E-state index in [1.165, 1.54) is 13.8 Å². The summed E-state index contributed by atoms with van der Waals surface area (Å²) in [5.74, 6) is 1.54. The third-order valence-corrected chi connectivity index (χ3v) is 5.99. The molecule has 0 N–H and O–H groups in total. The number of carbonyl (C=O) groups excluding carboxylic acids is 3. The number of ether oxygens (including phenoxy) is 3. The molecule has 0 aromatic heterocycles. The standard InChI is InChI=1S/C27H34N2O6/c1-18(30)9-11-23(19(2)31)29-16-22-21(27(29)32)7-6-8-24(22)35-17-20-10-12-25(26(15-20)33-5)34-14-13-28(3)4/h6-8,10,12,15,23H,9,11,13-14,16-17H2,1-5H3. The van der Waals surface area contributed by atoms with Crippen molar-refractivity contribution in [1.29, 1.82) is 0 Å². The number of benzene rings is 2. The molecule has 0 aliphatic carbocycles. The molecule has 35 heavy (non-hydrogen) atoms. The van der Waals surface area contributed by atoms with Crippen LogP contribution in [0.25, 0.3) is 0 Å². The van der Waals surface area contributed by atoms with E-state index in [9.17, 15) is 14.4 Å². The Balaban J connectivity index is 1.72. The van der Waals surface area contributed by atoms with Crippen LogP contribution < -0.4 is 14.2 Å². The number of nitrogens with zero attached hydrogens (tertiary/aromatic N) is 2. The molecule has 188 valence electrons. The fourth-order valence-electron chi connectivity index (χ4n) is 4.05. The minimum Gasteiger partial charge on any atom is -0.493 e. The lowest BCUT2D eigenvalue weighted by Gasteiger charge is -2.25. The van der Waals surface area contributed by atoms with Gasteiger partial charge >= 0.3 is 0 Å². The molecule has 0 saturated carbocycles. The Labute approximate surface area is 206 Å². The molecule has 0 bridgehead atoms. The van der Waals surface area contributed by atoms with Gasteiger partial charge in [-0.15, -0.1) is 0 Å². The van der Waals surface area contributed by atoms with E-state index >= 15 is 0 Å². The summed E-state index contributed by atoms with van der Waals surface area (Å²) in [5.41, 5.74) is 2.17. The lowest BCUT2D eigenvalue weighted by Crippen LogP contribution is -2.40. The predicted molar refractivity (Wildman–Crippen MR) is 132 cm³/mol. The summed E-state index contributed by atoms with van der Waals surface area (Å²) in [6.07, 6.45) is 0.577. The second kappa shape index (κ2) is 11.8. The number of methoxy groups -OCH3 is 1. The van der Waals surface area contributed by atoms with Crippen LogP contribution in [0, 0.1) is 0 Å². The Kier molecular flexibility index (Phi) is 8.87. The van der Waals surface area contributed by atoms with Crippen molar-refractivity contribution in [2.24, 2.45) is 0 Å². The molecule has 1 atom stereocenters.